The maximum absolute atomic E-state index is 12.4. The number of para-hydroxylation sites is 2. The lowest BCUT2D eigenvalue weighted by atomic mass is 10.3. The molecule has 0 atom stereocenters. The van der Waals surface area contributed by atoms with Gasteiger partial charge in [0.1, 0.15) is 18.9 Å². The summed E-state index contributed by atoms with van der Waals surface area (Å²) in [5, 5.41) is 11.7. The zero-order chi connectivity index (χ0) is 20.6. The number of nitro benzene ring substituents is 1. The number of hydrogen-bond donors (Lipinski definition) is 1. The van der Waals surface area contributed by atoms with Crippen LogP contribution in [0.5, 0.6) is 11.5 Å². The lowest BCUT2D eigenvalue weighted by Gasteiger charge is -2.32. The lowest BCUT2D eigenvalue weighted by Crippen LogP contribution is -3.15. The number of amides is 1. The van der Waals surface area contributed by atoms with Gasteiger partial charge in [0.15, 0.2) is 12.4 Å². The molecule has 154 valence electrons. The number of nitro groups is 1. The van der Waals surface area contributed by atoms with E-state index in [0.717, 1.165) is 25.4 Å². The van der Waals surface area contributed by atoms with Crippen LogP contribution in [0.1, 0.15) is 0 Å². The van der Waals surface area contributed by atoms with E-state index in [4.69, 9.17) is 21.1 Å². The molecule has 2 aromatic rings. The van der Waals surface area contributed by atoms with Gasteiger partial charge < -0.3 is 19.3 Å². The number of rotatable bonds is 8. The molecule has 1 N–H and O–H groups in total. The maximum Gasteiger partial charge on any atom is 0.310 e. The van der Waals surface area contributed by atoms with Crippen molar-refractivity contribution in [2.75, 3.05) is 45.9 Å². The van der Waals surface area contributed by atoms with Crippen LogP contribution in [0, 0.1) is 10.1 Å². The summed E-state index contributed by atoms with van der Waals surface area (Å²) in [6, 6.07) is 13.3. The zero-order valence-corrected chi connectivity index (χ0v) is 16.6. The summed E-state index contributed by atoms with van der Waals surface area (Å²) in [6.45, 7) is 4.11. The van der Waals surface area contributed by atoms with Crippen LogP contribution in [0.3, 0.4) is 0 Å². The van der Waals surface area contributed by atoms with Gasteiger partial charge in [-0.1, -0.05) is 23.7 Å². The summed E-state index contributed by atoms with van der Waals surface area (Å²) in [5.41, 5.74) is -0.143. The predicted octanol–water partition coefficient (Wildman–Crippen LogP) is 1.43. The van der Waals surface area contributed by atoms with Gasteiger partial charge in [0.2, 0.25) is 0 Å². The largest absolute Gasteiger partial charge is 0.488 e. The monoisotopic (exact) mass is 420 g/mol. The van der Waals surface area contributed by atoms with Crippen LogP contribution in [0.2, 0.25) is 5.02 Å². The Bertz CT molecular complexity index is 838. The molecule has 1 aliphatic rings. The van der Waals surface area contributed by atoms with E-state index in [1.807, 2.05) is 12.1 Å². The summed E-state index contributed by atoms with van der Waals surface area (Å²) in [5.74, 6) is 0.726. The van der Waals surface area contributed by atoms with E-state index >= 15 is 0 Å². The van der Waals surface area contributed by atoms with E-state index in [2.05, 4.69) is 0 Å². The molecule has 1 fully saturated rings. The average Bonchev–Trinajstić information content (AvgIpc) is 2.74. The van der Waals surface area contributed by atoms with Gasteiger partial charge in [0.25, 0.3) is 5.91 Å². The molecule has 29 heavy (non-hydrogen) atoms. The van der Waals surface area contributed by atoms with Crippen LogP contribution in [-0.4, -0.2) is 61.7 Å². The van der Waals surface area contributed by atoms with Gasteiger partial charge in [0.05, 0.1) is 31.1 Å². The van der Waals surface area contributed by atoms with E-state index in [-0.39, 0.29) is 24.0 Å². The number of ether oxygens (including phenoxy) is 2. The van der Waals surface area contributed by atoms with Crippen LogP contribution < -0.4 is 14.4 Å². The van der Waals surface area contributed by atoms with Crippen LogP contribution in [0.15, 0.2) is 48.5 Å². The third-order valence-corrected chi connectivity index (χ3v) is 5.03. The highest BCUT2D eigenvalue weighted by atomic mass is 35.5. The summed E-state index contributed by atoms with van der Waals surface area (Å²) < 4.78 is 11.1. The molecule has 0 bridgehead atoms. The minimum absolute atomic E-state index is 0.106. The van der Waals surface area contributed by atoms with E-state index in [0.29, 0.717) is 24.7 Å². The first kappa shape index (κ1) is 20.9. The van der Waals surface area contributed by atoms with Gasteiger partial charge in [-0.2, -0.15) is 0 Å². The number of nitrogens with zero attached hydrogens (tertiary/aromatic N) is 2. The van der Waals surface area contributed by atoms with Gasteiger partial charge in [-0.05, 0) is 30.3 Å². The van der Waals surface area contributed by atoms with Gasteiger partial charge in [0, 0.05) is 11.1 Å². The molecule has 2 aromatic carbocycles. The number of halogens is 1. The number of nitrogens with one attached hydrogen (secondary N) is 1. The molecular weight excluding hydrogens is 398 g/mol. The van der Waals surface area contributed by atoms with Gasteiger partial charge >= 0.3 is 5.69 Å². The molecule has 0 aliphatic carbocycles. The maximum atomic E-state index is 12.4. The van der Waals surface area contributed by atoms with Gasteiger partial charge in [-0.25, -0.2) is 0 Å². The lowest BCUT2D eigenvalue weighted by molar-refractivity contribution is -0.904. The summed E-state index contributed by atoms with van der Waals surface area (Å²) in [6.07, 6.45) is 0. The molecule has 1 heterocycles. The Kier molecular flexibility index (Phi) is 7.26. The Labute approximate surface area is 173 Å². The summed E-state index contributed by atoms with van der Waals surface area (Å²) in [7, 11) is 0. The van der Waals surface area contributed by atoms with Gasteiger partial charge in [-0.15, -0.1) is 0 Å². The quantitative estimate of drug-likeness (QED) is 0.515. The number of benzene rings is 2. The van der Waals surface area contributed by atoms with Gasteiger partial charge in [-0.3, -0.25) is 14.9 Å². The first-order valence-electron chi connectivity index (χ1n) is 9.39. The predicted molar refractivity (Wildman–Crippen MR) is 108 cm³/mol. The SMILES string of the molecule is O=C(COc1ccccc1[N+](=O)[O-])N1CC[NH+](CCOc2ccc(Cl)cc2)CC1. The van der Waals surface area contributed by atoms with Crippen molar-refractivity contribution in [3.05, 3.63) is 63.7 Å². The van der Waals surface area contributed by atoms with Crippen molar-refractivity contribution in [1.82, 2.24) is 4.90 Å². The second-order valence-electron chi connectivity index (χ2n) is 6.70. The first-order chi connectivity index (χ1) is 14.0. The van der Waals surface area contributed by atoms with Crippen molar-refractivity contribution in [3.8, 4) is 11.5 Å². The smallest absolute Gasteiger partial charge is 0.310 e. The third-order valence-electron chi connectivity index (χ3n) is 4.77. The van der Waals surface area contributed by atoms with Crippen molar-refractivity contribution in [1.29, 1.82) is 0 Å². The number of carbonyl (C=O) groups excluding carboxylic acids is 1. The molecule has 0 aromatic heterocycles. The Morgan fingerprint density at radius 3 is 2.48 bits per heavy atom. The van der Waals surface area contributed by atoms with Crippen LogP contribution in [-0.2, 0) is 4.79 Å². The third kappa shape index (κ3) is 6.07. The van der Waals surface area contributed by atoms with E-state index in [1.165, 1.54) is 17.0 Å². The van der Waals surface area contributed by atoms with Crippen molar-refractivity contribution in [2.24, 2.45) is 0 Å². The Morgan fingerprint density at radius 1 is 1.10 bits per heavy atom. The molecule has 9 heteroatoms. The molecule has 1 aliphatic heterocycles. The fourth-order valence-corrected chi connectivity index (χ4v) is 3.25. The molecule has 0 saturated carbocycles. The fraction of sp³-hybridized carbons (Fsp3) is 0.350. The summed E-state index contributed by atoms with van der Waals surface area (Å²) in [4.78, 5) is 26.0. The molecule has 1 amide bonds. The Morgan fingerprint density at radius 2 is 1.79 bits per heavy atom. The highest BCUT2D eigenvalue weighted by Crippen LogP contribution is 2.25. The number of carbonyl (C=O) groups is 1. The molecule has 0 unspecified atom stereocenters. The minimum Gasteiger partial charge on any atom is -0.488 e. The molecule has 3 rings (SSSR count). The number of hydrogen-bond acceptors (Lipinski definition) is 5. The minimum atomic E-state index is -0.520. The second kappa shape index (κ2) is 10.1. The Hall–Kier alpha value is -2.84. The first-order valence-corrected chi connectivity index (χ1v) is 9.76. The fourth-order valence-electron chi connectivity index (χ4n) is 3.13. The van der Waals surface area contributed by atoms with Crippen LogP contribution in [0.25, 0.3) is 0 Å². The van der Waals surface area contributed by atoms with E-state index in [9.17, 15) is 14.9 Å². The standard InChI is InChI=1S/C20H22ClN3O5/c21-16-5-7-17(8-6-16)28-14-13-22-9-11-23(12-10-22)20(25)15-29-19-4-2-1-3-18(19)24(26)27/h1-8H,9-15H2/p+1. The highest BCUT2D eigenvalue weighted by Gasteiger charge is 2.24. The van der Waals surface area contributed by atoms with Crippen molar-refractivity contribution < 1.29 is 24.1 Å². The number of quaternary nitrogens is 1. The zero-order valence-electron chi connectivity index (χ0n) is 15.9. The second-order valence-corrected chi connectivity index (χ2v) is 7.13. The molecule has 0 radical (unpaired) electrons. The molecule has 0 spiro atoms. The Balaban J connectivity index is 1.38. The van der Waals surface area contributed by atoms with Crippen molar-refractivity contribution in [2.45, 2.75) is 0 Å². The van der Waals surface area contributed by atoms with E-state index in [1.54, 1.807) is 29.2 Å². The van der Waals surface area contributed by atoms with Crippen LogP contribution >= 0.6 is 11.6 Å². The average molecular weight is 421 g/mol. The summed E-state index contributed by atoms with van der Waals surface area (Å²) >= 11 is 5.85. The topological polar surface area (TPSA) is 86.3 Å². The van der Waals surface area contributed by atoms with E-state index < -0.39 is 4.92 Å². The van der Waals surface area contributed by atoms with Crippen molar-refractivity contribution >= 4 is 23.2 Å². The molecule has 8 nitrogen and oxygen atoms in total. The van der Waals surface area contributed by atoms with Crippen LogP contribution in [0.4, 0.5) is 5.69 Å². The van der Waals surface area contributed by atoms with Crippen molar-refractivity contribution in [3.63, 3.8) is 0 Å². The molecular formula is C20H23ClN3O5+. The number of piperazine rings is 1. The normalized spacial score (nSPS) is 14.4. The molecule has 1 saturated heterocycles. The highest BCUT2D eigenvalue weighted by molar-refractivity contribution is 6.30.